The average molecular weight is 556 g/mol. The van der Waals surface area contributed by atoms with Gasteiger partial charge in [0.05, 0.1) is 24.8 Å². The number of benzene rings is 3. The molecule has 0 unspecified atom stereocenters. The Hall–Kier alpha value is -4.84. The van der Waals surface area contributed by atoms with Gasteiger partial charge in [0.2, 0.25) is 0 Å². The third-order valence-corrected chi connectivity index (χ3v) is 5.80. The van der Waals surface area contributed by atoms with Gasteiger partial charge in [0.15, 0.2) is 11.5 Å². The summed E-state index contributed by atoms with van der Waals surface area (Å²) in [5, 5.41) is 12.2. The topological polar surface area (TPSA) is 133 Å². The molecule has 0 fully saturated rings. The number of carbonyl (C=O) groups is 2. The first-order valence-electron chi connectivity index (χ1n) is 11.9. The number of nitrogens with one attached hydrogen (secondary N) is 1. The van der Waals surface area contributed by atoms with Crippen molar-refractivity contribution in [3.05, 3.63) is 84.1 Å². The molecule has 0 aliphatic carbocycles. The number of aromatic nitrogens is 1. The van der Waals surface area contributed by atoms with E-state index < -0.39 is 29.7 Å². The van der Waals surface area contributed by atoms with Crippen LogP contribution < -0.4 is 25.3 Å². The van der Waals surface area contributed by atoms with E-state index in [1.165, 1.54) is 7.11 Å². The molecule has 9 nitrogen and oxygen atoms in total. The molecular formula is C28H24F3N3O6. The Labute approximate surface area is 226 Å². The van der Waals surface area contributed by atoms with Gasteiger partial charge in [-0.2, -0.15) is 13.2 Å². The molecule has 0 radical (unpaired) electrons. The van der Waals surface area contributed by atoms with Crippen molar-refractivity contribution >= 4 is 28.5 Å². The summed E-state index contributed by atoms with van der Waals surface area (Å²) >= 11 is 0. The Bertz CT molecular complexity index is 1510. The number of nitrogens with zero attached hydrogens (tertiary/aromatic N) is 1. The molecular weight excluding hydrogens is 531 g/mol. The quantitative estimate of drug-likeness (QED) is 0.234. The van der Waals surface area contributed by atoms with E-state index in [-0.39, 0.29) is 18.6 Å². The van der Waals surface area contributed by atoms with Crippen molar-refractivity contribution < 1.29 is 42.1 Å². The number of alkyl halides is 3. The number of methoxy groups -OCH3 is 1. The van der Waals surface area contributed by atoms with Crippen LogP contribution in [0.4, 0.5) is 18.9 Å². The van der Waals surface area contributed by atoms with Gasteiger partial charge in [-0.1, -0.05) is 0 Å². The van der Waals surface area contributed by atoms with E-state index in [0.29, 0.717) is 39.6 Å². The van der Waals surface area contributed by atoms with Gasteiger partial charge < -0.3 is 30.4 Å². The molecule has 0 aliphatic heterocycles. The zero-order chi connectivity index (χ0) is 28.9. The highest BCUT2D eigenvalue weighted by Crippen LogP contribution is 2.37. The van der Waals surface area contributed by atoms with Crippen molar-refractivity contribution in [1.29, 1.82) is 0 Å². The highest BCUT2D eigenvalue weighted by Gasteiger charge is 2.30. The highest BCUT2D eigenvalue weighted by molar-refractivity contribution is 6.04. The molecule has 3 aromatic carbocycles. The fourth-order valence-electron chi connectivity index (χ4n) is 3.66. The molecule has 1 heterocycles. The number of hydrogen-bond acceptors (Lipinski definition) is 7. The Morgan fingerprint density at radius 1 is 1.00 bits per heavy atom. The van der Waals surface area contributed by atoms with Gasteiger partial charge in [-0.15, -0.1) is 0 Å². The summed E-state index contributed by atoms with van der Waals surface area (Å²) in [5.41, 5.74) is 5.72. The van der Waals surface area contributed by atoms with E-state index in [0.717, 1.165) is 24.3 Å². The van der Waals surface area contributed by atoms with Crippen molar-refractivity contribution in [2.75, 3.05) is 19.0 Å². The van der Waals surface area contributed by atoms with Crippen LogP contribution in [0.3, 0.4) is 0 Å². The highest BCUT2D eigenvalue weighted by atomic mass is 19.4. The normalized spacial score (nSPS) is 12.0. The lowest BCUT2D eigenvalue weighted by Crippen LogP contribution is -2.31. The third-order valence-electron chi connectivity index (χ3n) is 5.80. The number of carboxylic acid groups (broad SMARTS) is 1. The van der Waals surface area contributed by atoms with Gasteiger partial charge in [-0.05, 0) is 60.7 Å². The molecule has 0 spiro atoms. The molecule has 0 saturated heterocycles. The minimum Gasteiger partial charge on any atom is -0.493 e. The fourth-order valence-corrected chi connectivity index (χ4v) is 3.66. The number of fused-ring (bicyclic) bond motifs is 1. The maximum atomic E-state index is 12.7. The van der Waals surface area contributed by atoms with Crippen LogP contribution in [0.15, 0.2) is 72.9 Å². The number of ether oxygens (including phenoxy) is 3. The second-order valence-corrected chi connectivity index (χ2v) is 8.57. The van der Waals surface area contributed by atoms with Gasteiger partial charge in [-0.3, -0.25) is 14.6 Å². The van der Waals surface area contributed by atoms with Crippen molar-refractivity contribution in [3.63, 3.8) is 0 Å². The van der Waals surface area contributed by atoms with Crippen molar-refractivity contribution in [3.8, 4) is 23.0 Å². The fraction of sp³-hybridized carbons (Fsp3) is 0.179. The molecule has 12 heteroatoms. The van der Waals surface area contributed by atoms with Crippen molar-refractivity contribution in [2.45, 2.75) is 18.6 Å². The lowest BCUT2D eigenvalue weighted by atomic mass is 10.1. The van der Waals surface area contributed by atoms with Crippen LogP contribution in [0.25, 0.3) is 10.9 Å². The minimum absolute atomic E-state index is 0.0628. The first kappa shape index (κ1) is 28.2. The smallest absolute Gasteiger partial charge is 0.416 e. The number of amides is 1. The molecule has 4 rings (SSSR count). The van der Waals surface area contributed by atoms with E-state index in [1.54, 1.807) is 48.7 Å². The van der Waals surface area contributed by atoms with E-state index in [2.05, 4.69) is 10.3 Å². The standard InChI is InChI=1S/C28H24F3N3O6/c1-38-24-14-20-22(15-25(24)39-13-11-21(32)27(36)37)33-12-10-23(20)40-19-8-6-18(7-9-19)34-26(35)16-2-4-17(5-3-16)28(29,30)31/h2-10,12,14-15,21H,11,13,32H2,1H3,(H,34,35)(H,36,37)/t21-/m0/s1. The zero-order valence-electron chi connectivity index (χ0n) is 21.1. The summed E-state index contributed by atoms with van der Waals surface area (Å²) in [4.78, 5) is 27.7. The maximum absolute atomic E-state index is 12.7. The van der Waals surface area contributed by atoms with Crippen LogP contribution >= 0.6 is 0 Å². The Morgan fingerprint density at radius 2 is 1.70 bits per heavy atom. The predicted molar refractivity (Wildman–Crippen MR) is 140 cm³/mol. The van der Waals surface area contributed by atoms with Gasteiger partial charge in [0.1, 0.15) is 17.5 Å². The van der Waals surface area contributed by atoms with Crippen molar-refractivity contribution in [2.24, 2.45) is 5.73 Å². The molecule has 0 aliphatic rings. The number of nitrogens with two attached hydrogens (primary N) is 1. The molecule has 1 aromatic heterocycles. The van der Waals surface area contributed by atoms with Gasteiger partial charge in [-0.25, -0.2) is 0 Å². The van der Waals surface area contributed by atoms with Gasteiger partial charge in [0.25, 0.3) is 5.91 Å². The molecule has 0 bridgehead atoms. The molecule has 0 saturated carbocycles. The SMILES string of the molecule is COc1cc2c(Oc3ccc(NC(=O)c4ccc(C(F)(F)F)cc4)cc3)ccnc2cc1OCC[C@H](N)C(=O)O. The second kappa shape index (κ2) is 11.9. The number of pyridine rings is 1. The van der Waals surface area contributed by atoms with Crippen LogP contribution in [0.5, 0.6) is 23.0 Å². The molecule has 208 valence electrons. The Kier molecular flexibility index (Phi) is 8.39. The first-order chi connectivity index (χ1) is 19.0. The van der Waals surface area contributed by atoms with E-state index in [1.807, 2.05) is 0 Å². The number of halogens is 3. The van der Waals surface area contributed by atoms with E-state index in [4.69, 9.17) is 25.1 Å². The summed E-state index contributed by atoms with van der Waals surface area (Å²) < 4.78 is 55.4. The number of carboxylic acids is 1. The monoisotopic (exact) mass is 555 g/mol. The second-order valence-electron chi connectivity index (χ2n) is 8.57. The third kappa shape index (κ3) is 6.77. The zero-order valence-corrected chi connectivity index (χ0v) is 21.1. The summed E-state index contributed by atoms with van der Waals surface area (Å²) in [6, 6.07) is 14.3. The summed E-state index contributed by atoms with van der Waals surface area (Å²) in [6.07, 6.45) is -2.83. The van der Waals surface area contributed by atoms with Gasteiger partial charge >= 0.3 is 12.1 Å². The molecule has 1 atom stereocenters. The Balaban J connectivity index is 1.45. The summed E-state index contributed by atoms with van der Waals surface area (Å²) in [6.45, 7) is 0.0628. The Morgan fingerprint density at radius 3 is 2.33 bits per heavy atom. The number of carbonyl (C=O) groups excluding carboxylic acids is 1. The first-order valence-corrected chi connectivity index (χ1v) is 11.9. The maximum Gasteiger partial charge on any atom is 0.416 e. The minimum atomic E-state index is -4.48. The lowest BCUT2D eigenvalue weighted by Gasteiger charge is -2.15. The predicted octanol–water partition coefficient (Wildman–Crippen LogP) is 5.49. The number of aliphatic carboxylic acids is 1. The molecule has 4 N–H and O–H groups in total. The lowest BCUT2D eigenvalue weighted by molar-refractivity contribution is -0.139. The van der Waals surface area contributed by atoms with Crippen molar-refractivity contribution in [1.82, 2.24) is 4.98 Å². The van der Waals surface area contributed by atoms with Crippen LogP contribution in [-0.4, -0.2) is 41.7 Å². The molecule has 1 amide bonds. The van der Waals surface area contributed by atoms with Gasteiger partial charge in [0, 0.05) is 35.3 Å². The number of hydrogen-bond donors (Lipinski definition) is 3. The average Bonchev–Trinajstić information content (AvgIpc) is 2.93. The molecule has 4 aromatic rings. The largest absolute Gasteiger partial charge is 0.493 e. The summed E-state index contributed by atoms with van der Waals surface area (Å²) in [5.74, 6) is -0.0168. The van der Waals surface area contributed by atoms with E-state index >= 15 is 0 Å². The van der Waals surface area contributed by atoms with Crippen LogP contribution in [0.2, 0.25) is 0 Å². The van der Waals surface area contributed by atoms with Crippen LogP contribution in [0, 0.1) is 0 Å². The molecule has 40 heavy (non-hydrogen) atoms. The summed E-state index contributed by atoms with van der Waals surface area (Å²) in [7, 11) is 1.46. The van der Waals surface area contributed by atoms with Crippen LogP contribution in [-0.2, 0) is 11.0 Å². The number of rotatable bonds is 10. The number of anilines is 1. The van der Waals surface area contributed by atoms with E-state index in [9.17, 15) is 22.8 Å². The van der Waals surface area contributed by atoms with Crippen LogP contribution in [0.1, 0.15) is 22.3 Å².